The molecule has 10 aliphatic rings. The van der Waals surface area contributed by atoms with E-state index in [2.05, 4.69) is 108 Å². The largest absolute Gasteiger partial charge is 0.335 e. The van der Waals surface area contributed by atoms with E-state index < -0.39 is 0 Å². The van der Waals surface area contributed by atoms with Crippen LogP contribution in [0.2, 0.25) is 0 Å². The minimum atomic E-state index is 0.0559. The zero-order chi connectivity index (χ0) is 39.5. The third-order valence-corrected chi connectivity index (χ3v) is 21.6. The number of anilines is 4. The quantitative estimate of drug-likeness (QED) is 0.210. The summed E-state index contributed by atoms with van der Waals surface area (Å²) in [6.45, 7) is 21.6. The fourth-order valence-corrected chi connectivity index (χ4v) is 19.3. The van der Waals surface area contributed by atoms with Crippen LogP contribution in [0.3, 0.4) is 0 Å². The second kappa shape index (κ2) is 11.4. The smallest absolute Gasteiger partial charge is 0.252 e. The van der Waals surface area contributed by atoms with Crippen LogP contribution in [-0.2, 0) is 16.2 Å². The van der Waals surface area contributed by atoms with Crippen LogP contribution < -0.4 is 26.2 Å². The van der Waals surface area contributed by atoms with Gasteiger partial charge < -0.3 is 9.80 Å². The lowest BCUT2D eigenvalue weighted by Crippen LogP contribution is -2.72. The van der Waals surface area contributed by atoms with Gasteiger partial charge in [-0.25, -0.2) is 0 Å². The van der Waals surface area contributed by atoms with Gasteiger partial charge in [-0.2, -0.15) is 0 Å². The van der Waals surface area contributed by atoms with Crippen LogP contribution in [0.4, 0.5) is 22.7 Å². The van der Waals surface area contributed by atoms with Gasteiger partial charge in [0.05, 0.1) is 11.1 Å². The Morgan fingerprint density at radius 3 is 1.43 bits per heavy atom. The Morgan fingerprint density at radius 1 is 0.534 bits per heavy atom. The van der Waals surface area contributed by atoms with Gasteiger partial charge in [0.2, 0.25) is 0 Å². The molecule has 4 heterocycles. The number of benzene rings is 3. The Hall–Kier alpha value is -2.68. The molecular weight excluding hydrogens is 699 g/mol. The van der Waals surface area contributed by atoms with E-state index >= 15 is 0 Å². The summed E-state index contributed by atoms with van der Waals surface area (Å²) in [5.74, 6) is 6.52. The van der Waals surface area contributed by atoms with Crippen molar-refractivity contribution in [3.63, 3.8) is 0 Å². The number of hydrogen-bond donors (Lipinski definition) is 0. The maximum atomic E-state index is 3.13. The summed E-state index contributed by atoms with van der Waals surface area (Å²) >= 11 is 0. The molecule has 0 N–H and O–H groups in total. The van der Waals surface area contributed by atoms with Crippen LogP contribution in [0.15, 0.2) is 42.5 Å². The van der Waals surface area contributed by atoms with Gasteiger partial charge in [0.1, 0.15) is 0 Å². The second-order valence-electron chi connectivity index (χ2n) is 24.2. The summed E-state index contributed by atoms with van der Waals surface area (Å²) in [6, 6.07) is 18.8. The Morgan fingerprint density at radius 2 is 0.948 bits per heavy atom. The van der Waals surface area contributed by atoms with E-state index in [1.165, 1.54) is 108 Å². The molecule has 12 unspecified atom stereocenters. The number of hydrogen-bond acceptors (Lipinski definition) is 2. The summed E-state index contributed by atoms with van der Waals surface area (Å²) in [4.78, 5) is 6.26. The predicted molar refractivity (Wildman–Crippen MR) is 245 cm³/mol. The van der Waals surface area contributed by atoms with Crippen molar-refractivity contribution < 1.29 is 0 Å². The van der Waals surface area contributed by atoms with E-state index in [4.69, 9.17) is 0 Å². The Balaban J connectivity index is 1.14. The van der Waals surface area contributed by atoms with Crippen molar-refractivity contribution in [2.75, 3.05) is 9.80 Å². The van der Waals surface area contributed by atoms with Crippen molar-refractivity contribution in [2.45, 2.75) is 185 Å². The van der Waals surface area contributed by atoms with Gasteiger partial charge in [-0.05, 0) is 170 Å². The van der Waals surface area contributed by atoms with Gasteiger partial charge in [-0.1, -0.05) is 122 Å². The highest BCUT2D eigenvalue weighted by molar-refractivity contribution is 7.00. The standard InChI is InChI=1S/C55H71BN2/c1-32-28-42-49-44(29-32)56-45-31-33(51(2,3)4)30-43-50(45)58(55(8)41-25-16-12-21-37(41)35-19-10-14-23-39(35)53(43,55)6)47-27-17-26-46(48(47)56)57(49)54(7)40-24-15-11-20-36(40)34-18-9-13-22-38(34)52(42,54)5/h17,26-31,34-41H,9-16,18-25H2,1-8H3. The van der Waals surface area contributed by atoms with Crippen molar-refractivity contribution in [2.24, 2.45) is 47.3 Å². The van der Waals surface area contributed by atoms with Crippen LogP contribution in [0, 0.1) is 54.3 Å². The van der Waals surface area contributed by atoms with Crippen LogP contribution in [0.1, 0.15) is 173 Å². The minimum Gasteiger partial charge on any atom is -0.335 e. The number of aryl methyl sites for hydroxylation is 1. The fourth-order valence-electron chi connectivity index (χ4n) is 19.3. The molecular formula is C55H71BN2. The minimum absolute atomic E-state index is 0.0559. The molecule has 6 saturated carbocycles. The molecule has 6 aliphatic carbocycles. The molecule has 0 radical (unpaired) electrons. The van der Waals surface area contributed by atoms with E-state index in [1.807, 2.05) is 0 Å². The summed E-state index contributed by atoms with van der Waals surface area (Å²) in [7, 11) is 0. The third-order valence-electron chi connectivity index (χ3n) is 21.6. The molecule has 13 rings (SSSR count). The SMILES string of the molecule is Cc1cc2c3c(c1)C1(C)C4CCCCC4C4CCCCC4C1(C)N3c1cccc3c1B2c1cc(C(C)(C)C)cc2c1N3C1(C)C3CCCCC3C3CCCCC3C21C. The van der Waals surface area contributed by atoms with Gasteiger partial charge in [0.15, 0.2) is 0 Å². The molecule has 0 amide bonds. The normalized spacial score (nSPS) is 42.2. The molecule has 304 valence electrons. The van der Waals surface area contributed by atoms with Crippen molar-refractivity contribution >= 4 is 45.9 Å². The van der Waals surface area contributed by atoms with E-state index in [0.29, 0.717) is 0 Å². The summed E-state index contributed by atoms with van der Waals surface area (Å²) in [6.07, 6.45) is 23.0. The van der Waals surface area contributed by atoms with Gasteiger partial charge in [-0.15, -0.1) is 0 Å². The van der Waals surface area contributed by atoms with Crippen LogP contribution >= 0.6 is 0 Å². The average molecular weight is 771 g/mol. The lowest BCUT2D eigenvalue weighted by atomic mass is 9.33. The first kappa shape index (κ1) is 36.0. The highest BCUT2D eigenvalue weighted by Gasteiger charge is 2.74. The molecule has 3 aromatic carbocycles. The summed E-state index contributed by atoms with van der Waals surface area (Å²) in [5, 5.41) is 0. The average Bonchev–Trinajstić information content (AvgIpc) is 3.58. The molecule has 0 bridgehead atoms. The van der Waals surface area contributed by atoms with E-state index in [-0.39, 0.29) is 34.0 Å². The monoisotopic (exact) mass is 771 g/mol. The first-order chi connectivity index (χ1) is 27.9. The lowest BCUT2D eigenvalue weighted by molar-refractivity contribution is -0.0770. The molecule has 3 aromatic rings. The van der Waals surface area contributed by atoms with Crippen molar-refractivity contribution in [3.8, 4) is 0 Å². The zero-order valence-electron chi connectivity index (χ0n) is 37.4. The first-order valence-corrected chi connectivity index (χ1v) is 24.9. The van der Waals surface area contributed by atoms with Crippen molar-refractivity contribution in [3.05, 3.63) is 64.7 Å². The lowest BCUT2D eigenvalue weighted by Gasteiger charge is -2.66. The van der Waals surface area contributed by atoms with Crippen LogP contribution in [0.5, 0.6) is 0 Å². The molecule has 0 saturated heterocycles. The van der Waals surface area contributed by atoms with E-state index in [0.717, 1.165) is 47.3 Å². The maximum Gasteiger partial charge on any atom is 0.252 e. The Kier molecular flexibility index (Phi) is 7.09. The topological polar surface area (TPSA) is 6.48 Å². The number of rotatable bonds is 0. The summed E-state index contributed by atoms with van der Waals surface area (Å²) in [5.41, 5.74) is 18.4. The third kappa shape index (κ3) is 3.83. The van der Waals surface area contributed by atoms with Gasteiger partial charge in [0, 0.05) is 33.6 Å². The second-order valence-corrected chi connectivity index (χ2v) is 24.2. The highest BCUT2D eigenvalue weighted by Crippen LogP contribution is 2.74. The number of nitrogens with zero attached hydrogens (tertiary/aromatic N) is 2. The fraction of sp³-hybridized carbons (Fsp3) is 0.673. The molecule has 58 heavy (non-hydrogen) atoms. The Bertz CT molecular complexity index is 2270. The molecule has 2 nitrogen and oxygen atoms in total. The van der Waals surface area contributed by atoms with Crippen molar-refractivity contribution in [1.29, 1.82) is 0 Å². The molecule has 6 fully saturated rings. The Labute approximate surface area is 351 Å². The summed E-state index contributed by atoms with van der Waals surface area (Å²) < 4.78 is 0. The molecule has 3 heteroatoms. The first-order valence-electron chi connectivity index (χ1n) is 24.9. The molecule has 4 aliphatic heterocycles. The predicted octanol–water partition coefficient (Wildman–Crippen LogP) is 12.0. The molecule has 0 aromatic heterocycles. The van der Waals surface area contributed by atoms with Gasteiger partial charge in [-0.3, -0.25) is 0 Å². The number of fused-ring (bicyclic) bond motifs is 20. The van der Waals surface area contributed by atoms with Crippen LogP contribution in [0.25, 0.3) is 0 Å². The van der Waals surface area contributed by atoms with Gasteiger partial charge >= 0.3 is 0 Å². The van der Waals surface area contributed by atoms with E-state index in [9.17, 15) is 0 Å². The highest BCUT2D eigenvalue weighted by atomic mass is 15.3. The van der Waals surface area contributed by atoms with Gasteiger partial charge in [0.25, 0.3) is 6.71 Å². The van der Waals surface area contributed by atoms with E-state index in [1.54, 1.807) is 55.8 Å². The van der Waals surface area contributed by atoms with Crippen LogP contribution in [-0.4, -0.2) is 17.8 Å². The zero-order valence-corrected chi connectivity index (χ0v) is 37.4. The molecule has 12 atom stereocenters. The molecule has 0 spiro atoms. The van der Waals surface area contributed by atoms with Crippen molar-refractivity contribution in [1.82, 2.24) is 0 Å². The maximum absolute atomic E-state index is 3.13.